The Balaban J connectivity index is 1.30. The highest BCUT2D eigenvalue weighted by Crippen LogP contribution is 2.43. The number of pyridine rings is 1. The van der Waals surface area contributed by atoms with Gasteiger partial charge in [0.25, 0.3) is 0 Å². The van der Waals surface area contributed by atoms with E-state index in [9.17, 15) is 12.8 Å². The molecule has 1 fully saturated rings. The van der Waals surface area contributed by atoms with Gasteiger partial charge in [-0.2, -0.15) is 5.10 Å². The van der Waals surface area contributed by atoms with Crippen LogP contribution in [0.15, 0.2) is 41.4 Å². The van der Waals surface area contributed by atoms with Crippen LogP contribution in [-0.2, 0) is 22.0 Å². The van der Waals surface area contributed by atoms with Gasteiger partial charge >= 0.3 is 0 Å². The van der Waals surface area contributed by atoms with Crippen molar-refractivity contribution in [3.63, 3.8) is 0 Å². The van der Waals surface area contributed by atoms with E-state index in [1.54, 1.807) is 0 Å². The first-order chi connectivity index (χ1) is 15.6. The number of rotatable bonds is 4. The summed E-state index contributed by atoms with van der Waals surface area (Å²) in [4.78, 5) is 4.64. The number of benzene rings is 1. The average Bonchev–Trinajstić information content (AvgIpc) is 3.49. The third kappa shape index (κ3) is 4.15. The summed E-state index contributed by atoms with van der Waals surface area (Å²) in [6.07, 6.45) is 4.96. The molecule has 0 bridgehead atoms. The zero-order valence-corrected chi connectivity index (χ0v) is 19.8. The van der Waals surface area contributed by atoms with Gasteiger partial charge in [-0.05, 0) is 54.5 Å². The van der Waals surface area contributed by atoms with Crippen LogP contribution in [-0.4, -0.2) is 23.6 Å². The maximum atomic E-state index is 14.9. The topological polar surface area (TPSA) is 99.8 Å². The van der Waals surface area contributed by atoms with Crippen molar-refractivity contribution in [3.05, 3.63) is 64.9 Å². The first kappa shape index (κ1) is 22.0. The van der Waals surface area contributed by atoms with Gasteiger partial charge in [0.2, 0.25) is 10.0 Å². The Morgan fingerprint density at radius 3 is 2.61 bits per heavy atom. The van der Waals surface area contributed by atoms with Gasteiger partial charge in [-0.1, -0.05) is 20.8 Å². The molecule has 1 saturated carbocycles. The van der Waals surface area contributed by atoms with E-state index in [0.29, 0.717) is 17.7 Å². The molecule has 3 N–H and O–H groups in total. The minimum absolute atomic E-state index is 0.00279. The molecular formula is C24H28FN5O2S. The van der Waals surface area contributed by atoms with Crippen LogP contribution < -0.4 is 10.0 Å². The third-order valence-corrected chi connectivity index (χ3v) is 8.20. The molecule has 0 spiro atoms. The fourth-order valence-electron chi connectivity index (χ4n) is 4.77. The van der Waals surface area contributed by atoms with E-state index in [1.807, 2.05) is 12.3 Å². The highest BCUT2D eigenvalue weighted by Gasteiger charge is 2.31. The lowest BCUT2D eigenvalue weighted by Gasteiger charge is -2.20. The minimum atomic E-state index is -3.61. The molecule has 2 aromatic heterocycles. The van der Waals surface area contributed by atoms with E-state index >= 15 is 0 Å². The maximum absolute atomic E-state index is 14.9. The van der Waals surface area contributed by atoms with Crippen LogP contribution in [0.5, 0.6) is 0 Å². The van der Waals surface area contributed by atoms with Crippen molar-refractivity contribution in [2.45, 2.75) is 68.7 Å². The second kappa shape index (κ2) is 7.92. The van der Waals surface area contributed by atoms with Gasteiger partial charge in [0.05, 0.1) is 16.3 Å². The largest absolute Gasteiger partial charge is 0.338 e. The Kier molecular flexibility index (Phi) is 5.29. The average molecular weight is 470 g/mol. The molecule has 0 radical (unpaired) electrons. The first-order valence-electron chi connectivity index (χ1n) is 11.2. The van der Waals surface area contributed by atoms with Crippen molar-refractivity contribution >= 4 is 21.5 Å². The Bertz CT molecular complexity index is 1310. The van der Waals surface area contributed by atoms with Gasteiger partial charge in [0, 0.05) is 41.9 Å². The number of hydrogen-bond donors (Lipinski definition) is 3. The Labute approximate surface area is 193 Å². The minimum Gasteiger partial charge on any atom is -0.338 e. The summed E-state index contributed by atoms with van der Waals surface area (Å²) in [5.41, 5.74) is 3.84. The van der Waals surface area contributed by atoms with Crippen LogP contribution in [0.2, 0.25) is 0 Å². The van der Waals surface area contributed by atoms with Gasteiger partial charge in [0.1, 0.15) is 5.82 Å². The number of aromatic amines is 1. The number of H-pyrrole nitrogens is 1. The number of aromatic nitrogens is 3. The number of sulfonamides is 1. The van der Waals surface area contributed by atoms with Gasteiger partial charge in [-0.3, -0.25) is 10.1 Å². The van der Waals surface area contributed by atoms with E-state index in [1.165, 1.54) is 17.7 Å². The van der Waals surface area contributed by atoms with Gasteiger partial charge < -0.3 is 5.32 Å². The fraction of sp³-hybridized carbons (Fsp3) is 0.417. The highest BCUT2D eigenvalue weighted by molar-refractivity contribution is 7.89. The predicted molar refractivity (Wildman–Crippen MR) is 125 cm³/mol. The molecule has 2 atom stereocenters. The smallest absolute Gasteiger partial charge is 0.241 e. The molecule has 3 aromatic rings. The van der Waals surface area contributed by atoms with Crippen LogP contribution in [0.25, 0.3) is 0 Å². The fourth-order valence-corrected chi connectivity index (χ4v) is 6.00. The second-order valence-electron chi connectivity index (χ2n) is 9.99. The molecule has 174 valence electrons. The predicted octanol–water partition coefficient (Wildman–Crippen LogP) is 4.83. The molecule has 0 saturated heterocycles. The van der Waals surface area contributed by atoms with Gasteiger partial charge in [-0.15, -0.1) is 0 Å². The monoisotopic (exact) mass is 469 g/mol. The molecule has 33 heavy (non-hydrogen) atoms. The van der Waals surface area contributed by atoms with Crippen molar-refractivity contribution < 1.29 is 12.8 Å². The lowest BCUT2D eigenvalue weighted by molar-refractivity contribution is 0.583. The van der Waals surface area contributed by atoms with E-state index in [-0.39, 0.29) is 28.1 Å². The molecule has 1 aromatic carbocycles. The van der Waals surface area contributed by atoms with Crippen LogP contribution in [0.1, 0.15) is 74.4 Å². The van der Waals surface area contributed by atoms with Crippen molar-refractivity contribution in [3.8, 4) is 0 Å². The van der Waals surface area contributed by atoms with E-state index in [4.69, 9.17) is 0 Å². The summed E-state index contributed by atoms with van der Waals surface area (Å²) in [6, 6.07) is 9.10. The number of anilines is 2. The molecule has 5 rings (SSSR count). The van der Waals surface area contributed by atoms with Crippen LogP contribution >= 0.6 is 0 Å². The van der Waals surface area contributed by atoms with E-state index in [0.717, 1.165) is 30.7 Å². The molecule has 2 unspecified atom stereocenters. The standard InChI is InChI=1S/C24H28FN5O2S/c1-24(2,3)16-8-9-26-19(11-16)14-4-5-15(10-14)20-12-22(30-29-20)28-18-6-7-21-17(23(18)25)13-27-33(21,31)32/h6-9,11-12,14-15,27H,4-5,10,13H2,1-3H3,(H2,28,29,30). The third-order valence-electron chi connectivity index (χ3n) is 6.71. The lowest BCUT2D eigenvalue weighted by Crippen LogP contribution is -2.13. The summed E-state index contributed by atoms with van der Waals surface area (Å²) in [5.74, 6) is 0.715. The van der Waals surface area contributed by atoms with Crippen molar-refractivity contribution in [1.82, 2.24) is 19.9 Å². The van der Waals surface area contributed by atoms with Crippen molar-refractivity contribution in [1.29, 1.82) is 0 Å². The summed E-state index contributed by atoms with van der Waals surface area (Å²) in [5, 5.41) is 10.4. The number of fused-ring (bicyclic) bond motifs is 1. The van der Waals surface area contributed by atoms with Crippen LogP contribution in [0.4, 0.5) is 15.9 Å². The normalized spacial score (nSPS) is 21.8. The second-order valence-corrected chi connectivity index (χ2v) is 11.7. The van der Waals surface area contributed by atoms with Crippen molar-refractivity contribution in [2.75, 3.05) is 5.32 Å². The number of nitrogens with one attached hydrogen (secondary N) is 3. The lowest BCUT2D eigenvalue weighted by atomic mass is 9.86. The summed E-state index contributed by atoms with van der Waals surface area (Å²) in [7, 11) is -3.61. The SMILES string of the molecule is CC(C)(C)c1ccnc(C2CCC(c3cc(Nc4ccc5c(c4F)CNS5(=O)=O)[nH]n3)C2)c1. The Morgan fingerprint density at radius 2 is 1.85 bits per heavy atom. The number of hydrogen-bond acceptors (Lipinski definition) is 5. The molecule has 2 aliphatic rings. The zero-order valence-electron chi connectivity index (χ0n) is 18.9. The quantitative estimate of drug-likeness (QED) is 0.508. The molecular weight excluding hydrogens is 441 g/mol. The van der Waals surface area contributed by atoms with E-state index in [2.05, 4.69) is 58.1 Å². The van der Waals surface area contributed by atoms with E-state index < -0.39 is 15.8 Å². The first-order valence-corrected chi connectivity index (χ1v) is 12.7. The van der Waals surface area contributed by atoms with Crippen LogP contribution in [0.3, 0.4) is 0 Å². The highest BCUT2D eigenvalue weighted by atomic mass is 32.2. The number of nitrogens with zero attached hydrogens (tertiary/aromatic N) is 2. The summed E-state index contributed by atoms with van der Waals surface area (Å²) < 4.78 is 41.0. The Morgan fingerprint density at radius 1 is 1.09 bits per heavy atom. The maximum Gasteiger partial charge on any atom is 0.241 e. The summed E-state index contributed by atoms with van der Waals surface area (Å²) in [6.45, 7) is 6.59. The molecule has 1 aliphatic heterocycles. The zero-order chi connectivity index (χ0) is 23.4. The van der Waals surface area contributed by atoms with Gasteiger partial charge in [-0.25, -0.2) is 17.5 Å². The number of halogens is 1. The summed E-state index contributed by atoms with van der Waals surface area (Å²) >= 11 is 0. The molecule has 3 heterocycles. The molecule has 0 amide bonds. The molecule has 1 aliphatic carbocycles. The molecule has 9 heteroatoms. The molecule has 7 nitrogen and oxygen atoms in total. The van der Waals surface area contributed by atoms with Gasteiger partial charge in [0.15, 0.2) is 5.82 Å². The Hall–Kier alpha value is -2.78. The van der Waals surface area contributed by atoms with Crippen LogP contribution in [0, 0.1) is 5.82 Å². The van der Waals surface area contributed by atoms with Crippen molar-refractivity contribution in [2.24, 2.45) is 0 Å².